The van der Waals surface area contributed by atoms with E-state index in [2.05, 4.69) is 31.0 Å². The lowest BCUT2D eigenvalue weighted by Gasteiger charge is -2.35. The molecule has 0 radical (unpaired) electrons. The molecule has 0 saturated carbocycles. The van der Waals surface area contributed by atoms with Gasteiger partial charge in [0.25, 0.3) is 5.69 Å². The number of nitrogens with zero attached hydrogens (tertiary/aromatic N) is 5. The number of benzene rings is 1. The highest BCUT2D eigenvalue weighted by atomic mass is 79.9. The molecule has 0 aliphatic carbocycles. The first-order valence-corrected chi connectivity index (χ1v) is 8.02. The number of hydrogen-bond donors (Lipinski definition) is 0. The Balaban J connectivity index is 1.66. The van der Waals surface area contributed by atoms with Gasteiger partial charge in [-0.3, -0.25) is 15.0 Å². The van der Waals surface area contributed by atoms with Gasteiger partial charge in [0.2, 0.25) is 5.89 Å². The molecule has 0 unspecified atom stereocenters. The maximum atomic E-state index is 11.2. The number of hydrogen-bond acceptors (Lipinski definition) is 7. The molecule has 2 heterocycles. The molecule has 9 heteroatoms. The molecule has 8 nitrogen and oxygen atoms in total. The summed E-state index contributed by atoms with van der Waals surface area (Å²) in [5, 5.41) is 15.1. The van der Waals surface area contributed by atoms with Crippen molar-refractivity contribution in [3.8, 4) is 0 Å². The van der Waals surface area contributed by atoms with Crippen LogP contribution < -0.4 is 4.90 Å². The lowest BCUT2D eigenvalue weighted by molar-refractivity contribution is -0.384. The fraction of sp³-hybridized carbons (Fsp3) is 0.429. The summed E-state index contributed by atoms with van der Waals surface area (Å²) >= 11 is 3.28. The van der Waals surface area contributed by atoms with E-state index in [9.17, 15) is 10.1 Å². The normalized spacial score (nSPS) is 15.8. The minimum atomic E-state index is -0.339. The number of halogens is 1. The van der Waals surface area contributed by atoms with Crippen LogP contribution in [0.1, 0.15) is 11.7 Å². The highest BCUT2D eigenvalue weighted by Gasteiger charge is 2.24. The predicted octanol–water partition coefficient (Wildman–Crippen LogP) is 2.37. The van der Waals surface area contributed by atoms with Crippen molar-refractivity contribution in [2.75, 3.05) is 31.1 Å². The van der Waals surface area contributed by atoms with Crippen LogP contribution in [-0.4, -0.2) is 46.1 Å². The van der Waals surface area contributed by atoms with Gasteiger partial charge in [-0.1, -0.05) is 21.1 Å². The average molecular weight is 382 g/mol. The van der Waals surface area contributed by atoms with E-state index in [0.717, 1.165) is 26.2 Å². The van der Waals surface area contributed by atoms with Crippen LogP contribution in [0.4, 0.5) is 11.4 Å². The summed E-state index contributed by atoms with van der Waals surface area (Å²) in [6.45, 7) is 5.43. The molecule has 1 saturated heterocycles. The van der Waals surface area contributed by atoms with Crippen LogP contribution in [0, 0.1) is 17.0 Å². The van der Waals surface area contributed by atoms with Crippen LogP contribution in [0.15, 0.2) is 27.2 Å². The van der Waals surface area contributed by atoms with Crippen LogP contribution in [-0.2, 0) is 6.54 Å². The number of aromatic nitrogens is 2. The van der Waals surface area contributed by atoms with E-state index in [1.165, 1.54) is 0 Å². The molecule has 2 aromatic rings. The molecule has 1 aromatic carbocycles. The van der Waals surface area contributed by atoms with E-state index in [4.69, 9.17) is 4.52 Å². The molecule has 122 valence electrons. The summed E-state index contributed by atoms with van der Waals surface area (Å²) in [6.07, 6.45) is 0. The number of nitro groups is 1. The van der Waals surface area contributed by atoms with Crippen molar-refractivity contribution in [2.24, 2.45) is 0 Å². The maximum absolute atomic E-state index is 11.2. The van der Waals surface area contributed by atoms with E-state index in [1.54, 1.807) is 19.1 Å². The van der Waals surface area contributed by atoms with Crippen LogP contribution >= 0.6 is 15.9 Å². The zero-order valence-corrected chi connectivity index (χ0v) is 14.2. The molecular formula is C14H16BrN5O3. The Kier molecular flexibility index (Phi) is 4.58. The molecule has 1 aliphatic heterocycles. The second kappa shape index (κ2) is 6.63. The Morgan fingerprint density at radius 2 is 2.09 bits per heavy atom. The van der Waals surface area contributed by atoms with Gasteiger partial charge < -0.3 is 9.42 Å². The van der Waals surface area contributed by atoms with Gasteiger partial charge in [0.05, 0.1) is 11.5 Å². The lowest BCUT2D eigenvalue weighted by atomic mass is 10.2. The second-order valence-electron chi connectivity index (χ2n) is 5.38. The van der Waals surface area contributed by atoms with Crippen LogP contribution in [0.2, 0.25) is 0 Å². The summed E-state index contributed by atoms with van der Waals surface area (Å²) in [5.41, 5.74) is 0.787. The molecule has 0 amide bonds. The topological polar surface area (TPSA) is 88.5 Å². The Labute approximate surface area is 141 Å². The van der Waals surface area contributed by atoms with Crippen molar-refractivity contribution in [3.63, 3.8) is 0 Å². The highest BCUT2D eigenvalue weighted by Crippen LogP contribution is 2.31. The van der Waals surface area contributed by atoms with Crippen molar-refractivity contribution < 1.29 is 9.45 Å². The first kappa shape index (κ1) is 15.9. The fourth-order valence-corrected chi connectivity index (χ4v) is 3.01. The van der Waals surface area contributed by atoms with Crippen LogP contribution in [0.3, 0.4) is 0 Å². The van der Waals surface area contributed by atoms with Gasteiger partial charge in [-0.15, -0.1) is 0 Å². The molecule has 1 aliphatic rings. The van der Waals surface area contributed by atoms with Crippen LogP contribution in [0.5, 0.6) is 0 Å². The molecule has 0 atom stereocenters. The predicted molar refractivity (Wildman–Crippen MR) is 87.3 cm³/mol. The summed E-state index contributed by atoms with van der Waals surface area (Å²) < 4.78 is 5.68. The first-order valence-electron chi connectivity index (χ1n) is 7.23. The molecular weight excluding hydrogens is 366 g/mol. The maximum Gasteiger partial charge on any atom is 0.293 e. The minimum Gasteiger partial charge on any atom is -0.363 e. The third kappa shape index (κ3) is 3.67. The van der Waals surface area contributed by atoms with Gasteiger partial charge in [-0.2, -0.15) is 4.98 Å². The Hall–Kier alpha value is -2.00. The zero-order chi connectivity index (χ0) is 16.4. The zero-order valence-electron chi connectivity index (χ0n) is 12.6. The minimum absolute atomic E-state index is 0.126. The number of aryl methyl sites for hydroxylation is 1. The van der Waals surface area contributed by atoms with Crippen molar-refractivity contribution in [1.29, 1.82) is 0 Å². The number of rotatable bonds is 4. The molecule has 23 heavy (non-hydrogen) atoms. The van der Waals surface area contributed by atoms with E-state index in [1.807, 2.05) is 11.0 Å². The van der Waals surface area contributed by atoms with Crippen molar-refractivity contribution in [3.05, 3.63) is 44.5 Å². The largest absolute Gasteiger partial charge is 0.363 e. The number of anilines is 1. The highest BCUT2D eigenvalue weighted by molar-refractivity contribution is 9.10. The third-order valence-electron chi connectivity index (χ3n) is 3.78. The summed E-state index contributed by atoms with van der Waals surface area (Å²) in [7, 11) is 0. The molecule has 0 bridgehead atoms. The molecule has 1 fully saturated rings. The van der Waals surface area contributed by atoms with Gasteiger partial charge >= 0.3 is 0 Å². The van der Waals surface area contributed by atoms with Gasteiger partial charge in [0.15, 0.2) is 5.82 Å². The van der Waals surface area contributed by atoms with E-state index < -0.39 is 0 Å². The molecule has 0 N–H and O–H groups in total. The lowest BCUT2D eigenvalue weighted by Crippen LogP contribution is -2.46. The van der Waals surface area contributed by atoms with Gasteiger partial charge in [0.1, 0.15) is 5.69 Å². The summed E-state index contributed by atoms with van der Waals surface area (Å²) in [6, 6.07) is 5.17. The molecule has 3 rings (SSSR count). The van der Waals surface area contributed by atoms with Gasteiger partial charge in [0, 0.05) is 43.6 Å². The van der Waals surface area contributed by atoms with Crippen molar-refractivity contribution >= 4 is 27.3 Å². The number of nitro benzene ring substituents is 1. The fourth-order valence-electron chi connectivity index (χ4n) is 2.66. The van der Waals surface area contributed by atoms with E-state index in [0.29, 0.717) is 28.4 Å². The molecule has 0 spiro atoms. The van der Waals surface area contributed by atoms with Gasteiger partial charge in [-0.05, 0) is 12.1 Å². The monoisotopic (exact) mass is 381 g/mol. The quantitative estimate of drug-likeness (QED) is 0.593. The summed E-state index contributed by atoms with van der Waals surface area (Å²) in [5.74, 6) is 1.23. The average Bonchev–Trinajstić information content (AvgIpc) is 2.93. The summed E-state index contributed by atoms with van der Waals surface area (Å²) in [4.78, 5) is 19.4. The Bertz CT molecular complexity index is 712. The Morgan fingerprint density at radius 3 is 2.70 bits per heavy atom. The van der Waals surface area contributed by atoms with Crippen molar-refractivity contribution in [2.45, 2.75) is 13.5 Å². The molecule has 1 aromatic heterocycles. The van der Waals surface area contributed by atoms with Gasteiger partial charge in [-0.25, -0.2) is 0 Å². The third-order valence-corrected chi connectivity index (χ3v) is 4.28. The van der Waals surface area contributed by atoms with Crippen LogP contribution in [0.25, 0.3) is 0 Å². The number of piperazine rings is 1. The SMILES string of the molecule is Cc1nc(CN2CCN(c3ccc(Br)cc3[N+](=O)[O-])CC2)no1. The Morgan fingerprint density at radius 1 is 1.35 bits per heavy atom. The van der Waals surface area contributed by atoms with Crippen molar-refractivity contribution in [1.82, 2.24) is 15.0 Å². The van der Waals surface area contributed by atoms with E-state index in [-0.39, 0.29) is 10.6 Å². The second-order valence-corrected chi connectivity index (χ2v) is 6.30. The van der Waals surface area contributed by atoms with E-state index >= 15 is 0 Å². The smallest absolute Gasteiger partial charge is 0.293 e. The standard InChI is InChI=1S/C14H16BrN5O3/c1-10-16-14(17-23-10)9-18-4-6-19(7-5-18)12-3-2-11(15)8-13(12)20(21)22/h2-3,8H,4-7,9H2,1H3. The first-order chi connectivity index (χ1) is 11.0.